The Morgan fingerprint density at radius 2 is 1.92 bits per heavy atom. The van der Waals surface area contributed by atoms with Crippen molar-refractivity contribution in [1.82, 2.24) is 16.4 Å². The number of nitrogens with one attached hydrogen (secondary N) is 1. The molecule has 0 spiro atoms. The van der Waals surface area contributed by atoms with Crippen molar-refractivity contribution in [3.05, 3.63) is 35.9 Å². The van der Waals surface area contributed by atoms with E-state index in [1.54, 1.807) is 38.1 Å². The summed E-state index contributed by atoms with van der Waals surface area (Å²) in [5.74, 6) is -1.86. The number of hydrogen-bond acceptors (Lipinski definition) is 6. The molecule has 8 nitrogen and oxygen atoms in total. The number of amides is 2. The van der Waals surface area contributed by atoms with Gasteiger partial charge in [-0.15, -0.1) is 11.8 Å². The maximum Gasteiger partial charge on any atom is 0.327 e. The normalized spacial score (nSPS) is 27.6. The Labute approximate surface area is 149 Å². The van der Waals surface area contributed by atoms with Crippen LogP contribution in [0.5, 0.6) is 0 Å². The third-order valence-electron chi connectivity index (χ3n) is 4.41. The predicted molar refractivity (Wildman–Crippen MR) is 94.1 cm³/mol. The zero-order chi connectivity index (χ0) is 17.6. The maximum absolute atomic E-state index is 12.3. The van der Waals surface area contributed by atoms with E-state index in [-0.39, 0.29) is 17.4 Å². The van der Waals surface area contributed by atoms with Crippen molar-refractivity contribution in [2.75, 3.05) is 0 Å². The lowest BCUT2D eigenvalue weighted by molar-refractivity contribution is -0.161. The van der Waals surface area contributed by atoms with Crippen molar-refractivity contribution in [2.45, 2.75) is 42.1 Å². The van der Waals surface area contributed by atoms with Crippen molar-refractivity contribution in [1.29, 1.82) is 0 Å². The summed E-state index contributed by atoms with van der Waals surface area (Å²) in [7, 11) is 0. The Morgan fingerprint density at radius 1 is 1.32 bits per heavy atom. The van der Waals surface area contributed by atoms with E-state index in [0.717, 1.165) is 0 Å². The smallest absolute Gasteiger partial charge is 0.327 e. The lowest BCUT2D eigenvalue weighted by atomic mass is 9.95. The molecule has 136 valence electrons. The molecule has 1 aromatic rings. The van der Waals surface area contributed by atoms with Gasteiger partial charge in [0.05, 0.1) is 0 Å². The zero-order valence-corrected chi connectivity index (χ0v) is 14.8. The highest BCUT2D eigenvalue weighted by Crippen LogP contribution is 2.50. The van der Waals surface area contributed by atoms with Crippen molar-refractivity contribution >= 4 is 29.5 Å². The number of rotatable bonds is 4. The van der Waals surface area contributed by atoms with Crippen molar-refractivity contribution in [3.8, 4) is 0 Å². The van der Waals surface area contributed by atoms with Crippen LogP contribution in [0.1, 0.15) is 25.5 Å². The van der Waals surface area contributed by atoms with E-state index in [9.17, 15) is 19.5 Å². The van der Waals surface area contributed by atoms with Gasteiger partial charge in [0.15, 0.2) is 0 Å². The molecule has 25 heavy (non-hydrogen) atoms. The Morgan fingerprint density at radius 3 is 2.48 bits per heavy atom. The summed E-state index contributed by atoms with van der Waals surface area (Å²) >= 11 is 1.38. The summed E-state index contributed by atoms with van der Waals surface area (Å²) in [6, 6.07) is 6.38. The molecule has 1 aromatic carbocycles. The van der Waals surface area contributed by atoms with E-state index in [0.29, 0.717) is 5.56 Å². The zero-order valence-electron chi connectivity index (χ0n) is 14.0. The van der Waals surface area contributed by atoms with Crippen LogP contribution < -0.4 is 17.2 Å². The molecular formula is C16H22N4O4S. The average Bonchev–Trinajstić information content (AvgIpc) is 2.80. The van der Waals surface area contributed by atoms with Crippen LogP contribution >= 0.6 is 11.8 Å². The summed E-state index contributed by atoms with van der Waals surface area (Å²) in [6.07, 6.45) is 0. The molecule has 2 fully saturated rings. The van der Waals surface area contributed by atoms with Gasteiger partial charge in [0.2, 0.25) is 11.8 Å². The Kier molecular flexibility index (Phi) is 5.12. The van der Waals surface area contributed by atoms with Crippen LogP contribution in [0.3, 0.4) is 0 Å². The summed E-state index contributed by atoms with van der Waals surface area (Å²) in [5, 5.41) is 11.7. The molecule has 0 aromatic heterocycles. The second-order valence-corrected chi connectivity index (χ2v) is 8.24. The number of hydrogen-bond donors (Lipinski definition) is 4. The molecule has 3 rings (SSSR count). The molecule has 0 radical (unpaired) electrons. The van der Waals surface area contributed by atoms with Crippen molar-refractivity contribution in [2.24, 2.45) is 5.73 Å². The summed E-state index contributed by atoms with van der Waals surface area (Å²) < 4.78 is -0.618. The highest BCUT2D eigenvalue weighted by atomic mass is 32.2. The van der Waals surface area contributed by atoms with Crippen molar-refractivity contribution in [3.63, 3.8) is 0 Å². The van der Waals surface area contributed by atoms with E-state index >= 15 is 0 Å². The fourth-order valence-corrected chi connectivity index (χ4v) is 4.83. The minimum atomic E-state index is -1.03. The standard InChI is InChI=1S/C16H19N3O4S.H3N/c1-16(2)11(15(22)23)19-13(21)10(14(19)24-16)18-12(20)9(17)8-6-4-3-5-7-8;/h3-7,9-11,14H,17H2,1-2H3,(H,18,20)(H,22,23);1H3/t9-,10-,11+,14-;/m1./s1. The second-order valence-electron chi connectivity index (χ2n) is 6.47. The first-order chi connectivity index (χ1) is 11.2. The molecule has 9 heteroatoms. The lowest BCUT2D eigenvalue weighted by Gasteiger charge is -2.43. The topological polar surface area (TPSA) is 148 Å². The van der Waals surface area contributed by atoms with Crippen LogP contribution in [0.15, 0.2) is 30.3 Å². The number of thioether (sulfide) groups is 1. The number of carboxylic acids is 1. The highest BCUT2D eigenvalue weighted by Gasteiger charge is 2.64. The molecule has 2 amide bonds. The minimum Gasteiger partial charge on any atom is -0.480 e. The van der Waals surface area contributed by atoms with Gasteiger partial charge in [-0.25, -0.2) is 4.79 Å². The number of carbonyl (C=O) groups excluding carboxylic acids is 2. The molecule has 2 aliphatic rings. The Balaban J connectivity index is 0.00000225. The van der Waals surface area contributed by atoms with Crippen molar-refractivity contribution < 1.29 is 19.5 Å². The molecule has 0 saturated carbocycles. The van der Waals surface area contributed by atoms with Gasteiger partial charge in [0, 0.05) is 4.75 Å². The molecule has 0 bridgehead atoms. The van der Waals surface area contributed by atoms with E-state index in [1.807, 2.05) is 6.07 Å². The third kappa shape index (κ3) is 3.10. The summed E-state index contributed by atoms with van der Waals surface area (Å²) in [5.41, 5.74) is 6.59. The fourth-order valence-electron chi connectivity index (χ4n) is 3.20. The predicted octanol–water partition coefficient (Wildman–Crippen LogP) is 0.480. The average molecular weight is 366 g/mol. The molecule has 7 N–H and O–H groups in total. The summed E-state index contributed by atoms with van der Waals surface area (Å²) in [4.78, 5) is 37.5. The van der Waals surface area contributed by atoms with Gasteiger partial charge in [0.25, 0.3) is 0 Å². The van der Waals surface area contributed by atoms with Crippen LogP contribution in [0.2, 0.25) is 0 Å². The number of carboxylic acid groups (broad SMARTS) is 1. The Hall–Kier alpha value is -2.10. The molecule has 2 saturated heterocycles. The number of benzene rings is 1. The van der Waals surface area contributed by atoms with Crippen LogP contribution in [0.4, 0.5) is 0 Å². The first kappa shape index (κ1) is 19.2. The highest BCUT2D eigenvalue weighted by molar-refractivity contribution is 8.01. The number of carbonyl (C=O) groups is 3. The first-order valence-electron chi connectivity index (χ1n) is 7.58. The Bertz CT molecular complexity index is 697. The third-order valence-corrected chi connectivity index (χ3v) is 5.99. The van der Waals surface area contributed by atoms with Gasteiger partial charge in [-0.2, -0.15) is 0 Å². The fraction of sp³-hybridized carbons (Fsp3) is 0.438. The SMILES string of the molecule is CC1(C)S[C@@H]2[C@H](NC(=O)[C@H](N)c3ccccc3)C(=O)N2[C@H]1C(=O)O.N. The number of nitrogens with zero attached hydrogens (tertiary/aromatic N) is 1. The van der Waals surface area contributed by atoms with Crippen LogP contribution in [-0.2, 0) is 14.4 Å². The molecule has 4 atom stereocenters. The van der Waals surface area contributed by atoms with Crippen LogP contribution in [-0.4, -0.2) is 50.0 Å². The second kappa shape index (κ2) is 6.66. The van der Waals surface area contributed by atoms with Gasteiger partial charge >= 0.3 is 5.97 Å². The number of aliphatic carboxylic acids is 1. The lowest BCUT2D eigenvalue weighted by Crippen LogP contribution is -2.71. The number of β-lactam (4-membered cyclic amide) rings is 1. The van der Waals surface area contributed by atoms with E-state index in [2.05, 4.69) is 5.32 Å². The quantitative estimate of drug-likeness (QED) is 0.566. The van der Waals surface area contributed by atoms with Crippen LogP contribution in [0.25, 0.3) is 0 Å². The molecule has 0 unspecified atom stereocenters. The van der Waals surface area contributed by atoms with E-state index in [1.165, 1.54) is 16.7 Å². The van der Waals surface area contributed by atoms with E-state index < -0.39 is 34.7 Å². The largest absolute Gasteiger partial charge is 0.480 e. The molecule has 0 aliphatic carbocycles. The monoisotopic (exact) mass is 366 g/mol. The van der Waals surface area contributed by atoms with Gasteiger partial charge in [-0.3, -0.25) is 9.59 Å². The van der Waals surface area contributed by atoms with Gasteiger partial charge < -0.3 is 27.2 Å². The number of fused-ring (bicyclic) bond motifs is 1. The molecule has 2 aliphatic heterocycles. The van der Waals surface area contributed by atoms with Gasteiger partial charge in [0.1, 0.15) is 23.5 Å². The van der Waals surface area contributed by atoms with Gasteiger partial charge in [-0.1, -0.05) is 30.3 Å². The summed E-state index contributed by atoms with van der Waals surface area (Å²) in [6.45, 7) is 3.58. The van der Waals surface area contributed by atoms with E-state index in [4.69, 9.17) is 5.73 Å². The van der Waals surface area contributed by atoms with Gasteiger partial charge in [-0.05, 0) is 19.4 Å². The van der Waals surface area contributed by atoms with Crippen LogP contribution in [0, 0.1) is 0 Å². The molecular weight excluding hydrogens is 344 g/mol. The number of nitrogens with two attached hydrogens (primary N) is 1. The molecule has 2 heterocycles. The first-order valence-corrected chi connectivity index (χ1v) is 8.45. The maximum atomic E-state index is 12.3. The minimum absolute atomic E-state index is 0.